The summed E-state index contributed by atoms with van der Waals surface area (Å²) in [6.45, 7) is 1.96. The lowest BCUT2D eigenvalue weighted by atomic mass is 10.2. The number of hydrogen-bond donors (Lipinski definition) is 1. The summed E-state index contributed by atoms with van der Waals surface area (Å²) in [4.78, 5) is 22.4. The molecule has 0 atom stereocenters. The van der Waals surface area contributed by atoms with Crippen molar-refractivity contribution in [3.05, 3.63) is 30.0 Å². The number of fused-ring (bicyclic) bond motifs is 1. The van der Waals surface area contributed by atoms with E-state index in [2.05, 4.69) is 9.88 Å². The molecule has 3 rings (SSSR count). The van der Waals surface area contributed by atoms with Gasteiger partial charge in [-0.25, -0.2) is 9.97 Å². The van der Waals surface area contributed by atoms with E-state index < -0.39 is 5.97 Å². The van der Waals surface area contributed by atoms with E-state index in [1.54, 1.807) is 0 Å². The van der Waals surface area contributed by atoms with Crippen molar-refractivity contribution in [1.82, 2.24) is 9.97 Å². The molecule has 0 radical (unpaired) electrons. The molecule has 2 aromatic rings. The first kappa shape index (κ1) is 12.8. The number of hydrogen-bond acceptors (Lipinski definition) is 4. The van der Waals surface area contributed by atoms with Crippen molar-refractivity contribution in [1.29, 1.82) is 0 Å². The average molecular weight is 271 g/mol. The summed E-state index contributed by atoms with van der Waals surface area (Å²) >= 11 is 0. The van der Waals surface area contributed by atoms with Crippen LogP contribution in [0.5, 0.6) is 0 Å². The maximum absolute atomic E-state index is 10.8. The third kappa shape index (κ3) is 2.57. The van der Waals surface area contributed by atoms with Gasteiger partial charge in [0.25, 0.3) is 0 Å². The van der Waals surface area contributed by atoms with E-state index in [1.165, 1.54) is 0 Å². The summed E-state index contributed by atoms with van der Waals surface area (Å²) in [6.07, 6.45) is 2.84. The fourth-order valence-electron chi connectivity index (χ4n) is 2.60. The predicted octanol–water partition coefficient (Wildman–Crippen LogP) is 2.25. The molecule has 0 saturated carbocycles. The Morgan fingerprint density at radius 1 is 1.15 bits per heavy atom. The number of nitrogens with zero attached hydrogens (tertiary/aromatic N) is 3. The highest BCUT2D eigenvalue weighted by Gasteiger charge is 2.19. The van der Waals surface area contributed by atoms with Gasteiger partial charge >= 0.3 is 5.97 Å². The zero-order valence-electron chi connectivity index (χ0n) is 11.2. The Hall–Kier alpha value is -2.17. The fourth-order valence-corrected chi connectivity index (χ4v) is 2.60. The first-order chi connectivity index (χ1) is 9.74. The minimum Gasteiger partial charge on any atom is -0.481 e. The molecule has 1 aliphatic heterocycles. The van der Waals surface area contributed by atoms with E-state index in [0.29, 0.717) is 6.42 Å². The summed E-state index contributed by atoms with van der Waals surface area (Å²) in [7, 11) is 0. The summed E-state index contributed by atoms with van der Waals surface area (Å²) < 4.78 is 0. The number of carbonyl (C=O) groups is 1. The maximum Gasteiger partial charge on any atom is 0.303 e. The minimum absolute atomic E-state index is 0.0911. The number of carboxylic acid groups (broad SMARTS) is 1. The molecule has 1 N–H and O–H groups in total. The summed E-state index contributed by atoms with van der Waals surface area (Å²) in [5.74, 6) is 0.0646. The number of anilines is 1. The molecule has 5 heteroatoms. The first-order valence-corrected chi connectivity index (χ1v) is 6.96. The van der Waals surface area contributed by atoms with Crippen LogP contribution in [0.4, 0.5) is 5.82 Å². The number of carboxylic acids is 1. The highest BCUT2D eigenvalue weighted by molar-refractivity contribution is 5.77. The van der Waals surface area contributed by atoms with Gasteiger partial charge in [0.1, 0.15) is 0 Å². The Kier molecular flexibility index (Phi) is 3.50. The van der Waals surface area contributed by atoms with Crippen LogP contribution >= 0.6 is 0 Å². The lowest BCUT2D eigenvalue weighted by molar-refractivity contribution is -0.136. The molecule has 2 heterocycles. The Morgan fingerprint density at radius 2 is 1.80 bits per heavy atom. The number of aliphatic carboxylic acids is 1. The van der Waals surface area contributed by atoms with Gasteiger partial charge in [0.2, 0.25) is 0 Å². The van der Waals surface area contributed by atoms with Crippen LogP contribution in [0.2, 0.25) is 0 Å². The van der Waals surface area contributed by atoms with Gasteiger partial charge in [0.15, 0.2) is 5.82 Å². The first-order valence-electron chi connectivity index (χ1n) is 6.96. The summed E-state index contributed by atoms with van der Waals surface area (Å²) in [5.41, 5.74) is 2.50. The molecule has 0 unspecified atom stereocenters. The van der Waals surface area contributed by atoms with Crippen LogP contribution in [0, 0.1) is 0 Å². The van der Waals surface area contributed by atoms with Crippen molar-refractivity contribution in [2.24, 2.45) is 0 Å². The van der Waals surface area contributed by atoms with Gasteiger partial charge in [-0.2, -0.15) is 0 Å². The van der Waals surface area contributed by atoms with Crippen molar-refractivity contribution < 1.29 is 9.90 Å². The second-order valence-corrected chi connectivity index (χ2v) is 5.07. The van der Waals surface area contributed by atoms with E-state index in [4.69, 9.17) is 10.1 Å². The average Bonchev–Trinajstić information content (AvgIpc) is 2.98. The molecule has 0 bridgehead atoms. The smallest absolute Gasteiger partial charge is 0.303 e. The number of aromatic nitrogens is 2. The normalized spacial score (nSPS) is 14.9. The van der Waals surface area contributed by atoms with E-state index >= 15 is 0 Å². The van der Waals surface area contributed by atoms with Crippen molar-refractivity contribution >= 4 is 22.8 Å². The topological polar surface area (TPSA) is 66.3 Å². The van der Waals surface area contributed by atoms with Crippen LogP contribution in [-0.4, -0.2) is 34.1 Å². The molecule has 5 nitrogen and oxygen atoms in total. The molecule has 20 heavy (non-hydrogen) atoms. The fraction of sp³-hybridized carbons (Fsp3) is 0.400. The standard InChI is InChI=1S/C15H17N3O2/c19-14(20)8-7-13-15(18-9-3-4-10-18)17-12-6-2-1-5-11(12)16-13/h1-2,5-6H,3-4,7-10H2,(H,19,20). The third-order valence-electron chi connectivity index (χ3n) is 3.60. The van der Waals surface area contributed by atoms with Gasteiger partial charge in [-0.1, -0.05) is 12.1 Å². The van der Waals surface area contributed by atoms with Crippen molar-refractivity contribution in [2.45, 2.75) is 25.7 Å². The molecule has 104 valence electrons. The highest BCUT2D eigenvalue weighted by atomic mass is 16.4. The van der Waals surface area contributed by atoms with Gasteiger partial charge in [-0.15, -0.1) is 0 Å². The molecule has 1 aromatic heterocycles. The lowest BCUT2D eigenvalue weighted by Gasteiger charge is -2.19. The summed E-state index contributed by atoms with van der Waals surface area (Å²) in [6, 6.07) is 7.73. The number of rotatable bonds is 4. The van der Waals surface area contributed by atoms with Gasteiger partial charge < -0.3 is 10.0 Å². The molecule has 1 saturated heterocycles. The van der Waals surface area contributed by atoms with Crippen molar-refractivity contribution in [3.63, 3.8) is 0 Å². The predicted molar refractivity (Wildman–Crippen MR) is 76.9 cm³/mol. The Morgan fingerprint density at radius 3 is 2.45 bits per heavy atom. The van der Waals surface area contributed by atoms with Crippen LogP contribution in [0.15, 0.2) is 24.3 Å². The van der Waals surface area contributed by atoms with Crippen molar-refractivity contribution in [2.75, 3.05) is 18.0 Å². The monoisotopic (exact) mass is 271 g/mol. The molecule has 1 aromatic carbocycles. The zero-order chi connectivity index (χ0) is 13.9. The maximum atomic E-state index is 10.8. The van der Waals surface area contributed by atoms with Gasteiger partial charge in [-0.05, 0) is 25.0 Å². The van der Waals surface area contributed by atoms with Gasteiger partial charge in [0.05, 0.1) is 23.1 Å². The van der Waals surface area contributed by atoms with E-state index in [9.17, 15) is 4.79 Å². The number of benzene rings is 1. The third-order valence-corrected chi connectivity index (χ3v) is 3.60. The van der Waals surface area contributed by atoms with Gasteiger partial charge in [0, 0.05) is 19.5 Å². The van der Waals surface area contributed by atoms with E-state index in [1.807, 2.05) is 24.3 Å². The molecule has 1 fully saturated rings. The van der Waals surface area contributed by atoms with Crippen LogP contribution in [0.25, 0.3) is 11.0 Å². The second-order valence-electron chi connectivity index (χ2n) is 5.07. The van der Waals surface area contributed by atoms with E-state index in [-0.39, 0.29) is 6.42 Å². The molecule has 0 aliphatic carbocycles. The molecular formula is C15H17N3O2. The molecular weight excluding hydrogens is 254 g/mol. The van der Waals surface area contributed by atoms with Crippen LogP contribution in [-0.2, 0) is 11.2 Å². The SMILES string of the molecule is O=C(O)CCc1nc2ccccc2nc1N1CCCC1. The molecule has 0 amide bonds. The highest BCUT2D eigenvalue weighted by Crippen LogP contribution is 2.25. The summed E-state index contributed by atoms with van der Waals surface area (Å²) in [5, 5.41) is 8.88. The Bertz CT molecular complexity index is 636. The lowest BCUT2D eigenvalue weighted by Crippen LogP contribution is -2.22. The van der Waals surface area contributed by atoms with Crippen LogP contribution in [0.1, 0.15) is 25.0 Å². The van der Waals surface area contributed by atoms with E-state index in [0.717, 1.165) is 48.5 Å². The quantitative estimate of drug-likeness (QED) is 0.923. The largest absolute Gasteiger partial charge is 0.481 e. The van der Waals surface area contributed by atoms with Gasteiger partial charge in [-0.3, -0.25) is 4.79 Å². The number of para-hydroxylation sites is 2. The second kappa shape index (κ2) is 5.45. The van der Waals surface area contributed by atoms with Crippen LogP contribution < -0.4 is 4.90 Å². The Balaban J connectivity index is 2.02. The van der Waals surface area contributed by atoms with Crippen molar-refractivity contribution in [3.8, 4) is 0 Å². The Labute approximate surface area is 117 Å². The number of aryl methyl sites for hydroxylation is 1. The van der Waals surface area contributed by atoms with Crippen LogP contribution in [0.3, 0.4) is 0 Å². The molecule has 1 aliphatic rings. The molecule has 0 spiro atoms. The minimum atomic E-state index is -0.799. The zero-order valence-corrected chi connectivity index (χ0v) is 11.2.